The van der Waals surface area contributed by atoms with Crippen molar-refractivity contribution in [3.63, 3.8) is 0 Å². The molecule has 0 aliphatic heterocycles. The Bertz CT molecular complexity index is 682. The molecule has 0 bridgehead atoms. The first-order valence-electron chi connectivity index (χ1n) is 3.89. The van der Waals surface area contributed by atoms with E-state index in [1.54, 1.807) is 0 Å². The molecule has 0 spiro atoms. The Morgan fingerprint density at radius 2 is 2.00 bits per heavy atom. The van der Waals surface area contributed by atoms with Crippen LogP contribution in [-0.2, 0) is 16.9 Å². The second kappa shape index (κ2) is 2.86. The molecule has 0 aliphatic rings. The van der Waals surface area contributed by atoms with E-state index < -0.39 is 20.6 Å². The molecule has 2 aromatic heterocycles. The number of H-pyrrole nitrogens is 1. The van der Waals surface area contributed by atoms with Crippen LogP contribution in [0.4, 0.5) is 0 Å². The molecule has 0 fully saturated rings. The van der Waals surface area contributed by atoms with Crippen LogP contribution in [0.15, 0.2) is 9.95 Å². The third-order valence-corrected chi connectivity index (χ3v) is 2.59. The molecule has 0 aromatic carbocycles. The highest BCUT2D eigenvalue weighted by Gasteiger charge is 2.15. The summed E-state index contributed by atoms with van der Waals surface area (Å²) in [5.74, 6) is 0. The molecule has 0 saturated carbocycles. The van der Waals surface area contributed by atoms with E-state index in [0.29, 0.717) is 0 Å². The van der Waals surface area contributed by atoms with Crippen molar-refractivity contribution in [2.75, 3.05) is 6.26 Å². The van der Waals surface area contributed by atoms with Crippen LogP contribution in [0.3, 0.4) is 0 Å². The summed E-state index contributed by atoms with van der Waals surface area (Å²) in [6.07, 6.45) is 0.952. The molecule has 9 heteroatoms. The number of hydrogen-bond acceptors (Lipinski definition) is 6. The Morgan fingerprint density at radius 1 is 1.33 bits per heavy atom. The average Bonchev–Trinajstić information content (AvgIpc) is 2.44. The van der Waals surface area contributed by atoms with Crippen molar-refractivity contribution in [3.8, 4) is 0 Å². The van der Waals surface area contributed by atoms with Crippen molar-refractivity contribution >= 4 is 21.0 Å². The van der Waals surface area contributed by atoms with Crippen LogP contribution >= 0.6 is 0 Å². The van der Waals surface area contributed by atoms with Gasteiger partial charge in [-0.1, -0.05) is 0 Å². The van der Waals surface area contributed by atoms with Crippen molar-refractivity contribution in [1.29, 1.82) is 0 Å². The number of sulfone groups is 1. The van der Waals surface area contributed by atoms with E-state index >= 15 is 0 Å². The highest BCUT2D eigenvalue weighted by molar-refractivity contribution is 7.90. The van der Waals surface area contributed by atoms with Crippen molar-refractivity contribution in [2.45, 2.75) is 5.16 Å². The number of nitrogens with zero attached hydrogens (tertiary/aromatic N) is 4. The summed E-state index contributed by atoms with van der Waals surface area (Å²) in [7, 11) is -2.04. The number of fused-ring (bicyclic) bond motifs is 1. The van der Waals surface area contributed by atoms with Gasteiger partial charge in [0, 0.05) is 13.3 Å². The summed E-state index contributed by atoms with van der Waals surface area (Å²) in [5, 5.41) is 7.10. The first-order chi connectivity index (χ1) is 6.88. The van der Waals surface area contributed by atoms with Gasteiger partial charge in [-0.25, -0.2) is 8.42 Å². The van der Waals surface area contributed by atoms with Gasteiger partial charge in [-0.2, -0.15) is 9.78 Å². The molecule has 0 unspecified atom stereocenters. The molecule has 0 saturated heterocycles. The number of hydrogen-bond donors (Lipinski definition) is 1. The quantitative estimate of drug-likeness (QED) is 0.593. The zero-order chi connectivity index (χ0) is 11.2. The first kappa shape index (κ1) is 9.77. The van der Waals surface area contributed by atoms with Crippen LogP contribution in [0, 0.1) is 0 Å². The normalized spacial score (nSPS) is 12.1. The van der Waals surface area contributed by atoms with Crippen molar-refractivity contribution in [2.24, 2.45) is 7.05 Å². The lowest BCUT2D eigenvalue weighted by molar-refractivity contribution is 0.593. The molecule has 0 atom stereocenters. The van der Waals surface area contributed by atoms with E-state index in [4.69, 9.17) is 0 Å². The van der Waals surface area contributed by atoms with E-state index in [0.717, 1.165) is 11.1 Å². The standard InChI is InChI=1S/C6H7N5O3S/c1-11-9-3-4(10-11)7-6(8-5(3)12)15(2,13)14/h1-2H3,(H,7,8,10,12). The topological polar surface area (TPSA) is 111 Å². The maximum atomic E-state index is 11.4. The summed E-state index contributed by atoms with van der Waals surface area (Å²) >= 11 is 0. The van der Waals surface area contributed by atoms with Crippen LogP contribution in [0.25, 0.3) is 11.2 Å². The van der Waals surface area contributed by atoms with Gasteiger partial charge in [0.2, 0.25) is 20.6 Å². The highest BCUT2D eigenvalue weighted by atomic mass is 32.2. The van der Waals surface area contributed by atoms with Gasteiger partial charge in [-0.05, 0) is 0 Å². The van der Waals surface area contributed by atoms with E-state index in [2.05, 4.69) is 20.2 Å². The molecule has 2 heterocycles. The fraction of sp³-hybridized carbons (Fsp3) is 0.333. The highest BCUT2D eigenvalue weighted by Crippen LogP contribution is 2.03. The van der Waals surface area contributed by atoms with Gasteiger partial charge in [0.25, 0.3) is 5.56 Å². The van der Waals surface area contributed by atoms with Crippen LogP contribution in [0.1, 0.15) is 0 Å². The number of aromatic amines is 1. The van der Waals surface area contributed by atoms with Crippen LogP contribution in [-0.4, -0.2) is 39.6 Å². The number of rotatable bonds is 1. The molecule has 8 nitrogen and oxygen atoms in total. The molecule has 2 rings (SSSR count). The summed E-state index contributed by atoms with van der Waals surface area (Å²) in [5.41, 5.74) is -0.583. The average molecular weight is 229 g/mol. The number of aromatic nitrogens is 5. The van der Waals surface area contributed by atoms with Crippen LogP contribution in [0.5, 0.6) is 0 Å². The number of nitrogens with one attached hydrogen (secondary N) is 1. The summed E-state index contributed by atoms with van der Waals surface area (Å²) in [6.45, 7) is 0. The smallest absolute Gasteiger partial charge is 0.281 e. The van der Waals surface area contributed by atoms with Crippen molar-refractivity contribution in [3.05, 3.63) is 10.4 Å². The fourth-order valence-electron chi connectivity index (χ4n) is 1.07. The predicted molar refractivity (Wildman–Crippen MR) is 50.0 cm³/mol. The Hall–Kier alpha value is -1.77. The molecule has 0 radical (unpaired) electrons. The van der Waals surface area contributed by atoms with Crippen LogP contribution in [0.2, 0.25) is 0 Å². The lowest BCUT2D eigenvalue weighted by atomic mass is 10.6. The minimum absolute atomic E-state index is 0.0154. The third-order valence-electron chi connectivity index (χ3n) is 1.69. The molecule has 2 aromatic rings. The molecular formula is C6H7N5O3S. The maximum Gasteiger partial charge on any atom is 0.281 e. The van der Waals surface area contributed by atoms with Gasteiger partial charge in [-0.3, -0.25) is 9.78 Å². The molecule has 0 amide bonds. The maximum absolute atomic E-state index is 11.4. The first-order valence-corrected chi connectivity index (χ1v) is 5.78. The largest absolute Gasteiger partial charge is 0.295 e. The minimum atomic E-state index is -3.55. The predicted octanol–water partition coefficient (Wildman–Crippen LogP) is -1.54. The second-order valence-electron chi connectivity index (χ2n) is 3.00. The lowest BCUT2D eigenvalue weighted by Gasteiger charge is -1.94. The molecule has 0 aliphatic carbocycles. The van der Waals surface area contributed by atoms with Crippen molar-refractivity contribution < 1.29 is 8.42 Å². The van der Waals surface area contributed by atoms with Gasteiger partial charge >= 0.3 is 0 Å². The Kier molecular flexibility index (Phi) is 1.86. The van der Waals surface area contributed by atoms with Crippen molar-refractivity contribution in [1.82, 2.24) is 25.0 Å². The number of aryl methyl sites for hydroxylation is 1. The molecule has 80 valence electrons. The van der Waals surface area contributed by atoms with E-state index in [1.165, 1.54) is 7.05 Å². The zero-order valence-electron chi connectivity index (χ0n) is 7.92. The minimum Gasteiger partial charge on any atom is -0.295 e. The van der Waals surface area contributed by atoms with Gasteiger partial charge in [-0.15, -0.1) is 10.2 Å². The summed E-state index contributed by atoms with van der Waals surface area (Å²) < 4.78 is 22.3. The Balaban J connectivity index is 2.90. The van der Waals surface area contributed by atoms with Crippen LogP contribution < -0.4 is 5.56 Å². The van der Waals surface area contributed by atoms with Gasteiger partial charge < -0.3 is 0 Å². The monoisotopic (exact) mass is 229 g/mol. The second-order valence-corrected chi connectivity index (χ2v) is 4.94. The summed E-state index contributed by atoms with van der Waals surface area (Å²) in [4.78, 5) is 18.4. The molecular weight excluding hydrogens is 222 g/mol. The van der Waals surface area contributed by atoms with E-state index in [1.807, 2.05) is 0 Å². The summed E-state index contributed by atoms with van der Waals surface area (Å²) in [6, 6.07) is 0. The lowest BCUT2D eigenvalue weighted by Crippen LogP contribution is -2.15. The SMILES string of the molecule is Cn1nc2nc(S(C)(=O)=O)[nH]c(=O)c2n1. The Labute approximate surface area is 83.9 Å². The van der Waals surface area contributed by atoms with E-state index in [-0.39, 0.29) is 11.2 Å². The molecule has 15 heavy (non-hydrogen) atoms. The van der Waals surface area contributed by atoms with Gasteiger partial charge in [0.1, 0.15) is 0 Å². The van der Waals surface area contributed by atoms with Gasteiger partial charge in [0.15, 0.2) is 5.52 Å². The molecule has 1 N–H and O–H groups in total. The van der Waals surface area contributed by atoms with E-state index in [9.17, 15) is 13.2 Å². The Morgan fingerprint density at radius 3 is 2.60 bits per heavy atom. The van der Waals surface area contributed by atoms with Gasteiger partial charge in [0.05, 0.1) is 0 Å². The fourth-order valence-corrected chi connectivity index (χ4v) is 1.60. The third kappa shape index (κ3) is 1.61. The zero-order valence-corrected chi connectivity index (χ0v) is 8.74.